The minimum absolute atomic E-state index is 0.0470. The Kier molecular flexibility index (Phi) is 5.71. The van der Waals surface area contributed by atoms with Crippen molar-refractivity contribution in [1.82, 2.24) is 0 Å². The number of halogens is 2. The number of anilines is 1. The molecule has 6 heteroatoms. The molecule has 23 heavy (non-hydrogen) atoms. The van der Waals surface area contributed by atoms with E-state index >= 15 is 0 Å². The summed E-state index contributed by atoms with van der Waals surface area (Å²) in [5, 5.41) is 3.12. The lowest BCUT2D eigenvalue weighted by Gasteiger charge is -2.13. The van der Waals surface area contributed by atoms with Gasteiger partial charge < -0.3 is 10.1 Å². The van der Waals surface area contributed by atoms with E-state index in [4.69, 9.17) is 16.3 Å². The molecule has 2 aromatic rings. The fraction of sp³-hybridized carbons (Fsp3) is 0.176. The summed E-state index contributed by atoms with van der Waals surface area (Å²) >= 11 is 5.77. The highest BCUT2D eigenvalue weighted by molar-refractivity contribution is 6.30. The SMILES string of the molecule is C[C@H](OC(=O)Cc1ccc(Cl)cc1)C(=O)Nc1ccc(F)cc1. The van der Waals surface area contributed by atoms with Crippen molar-refractivity contribution in [2.24, 2.45) is 0 Å². The van der Waals surface area contributed by atoms with Crippen LogP contribution in [0.2, 0.25) is 5.02 Å². The van der Waals surface area contributed by atoms with Crippen LogP contribution < -0.4 is 5.32 Å². The van der Waals surface area contributed by atoms with E-state index in [-0.39, 0.29) is 6.42 Å². The van der Waals surface area contributed by atoms with E-state index in [0.717, 1.165) is 5.56 Å². The first-order valence-corrected chi connectivity index (χ1v) is 7.32. The Morgan fingerprint density at radius 2 is 1.74 bits per heavy atom. The van der Waals surface area contributed by atoms with Gasteiger partial charge in [-0.25, -0.2) is 4.39 Å². The van der Waals surface area contributed by atoms with E-state index in [9.17, 15) is 14.0 Å². The molecule has 0 fully saturated rings. The largest absolute Gasteiger partial charge is 0.452 e. The van der Waals surface area contributed by atoms with Crippen LogP contribution >= 0.6 is 11.6 Å². The van der Waals surface area contributed by atoms with E-state index in [1.165, 1.54) is 31.2 Å². The third kappa shape index (κ3) is 5.38. The highest BCUT2D eigenvalue weighted by Crippen LogP contribution is 2.12. The van der Waals surface area contributed by atoms with Gasteiger partial charge >= 0.3 is 5.97 Å². The van der Waals surface area contributed by atoms with Gasteiger partial charge in [-0.05, 0) is 48.9 Å². The predicted molar refractivity (Wildman–Crippen MR) is 85.7 cm³/mol. The molecule has 0 aliphatic rings. The standard InChI is InChI=1S/C17H15ClFNO3/c1-11(17(22)20-15-8-6-14(19)7-9-15)23-16(21)10-12-2-4-13(18)5-3-12/h2-9,11H,10H2,1H3,(H,20,22)/t11-/m0/s1. The molecule has 0 radical (unpaired) electrons. The monoisotopic (exact) mass is 335 g/mol. The molecule has 0 saturated carbocycles. The van der Waals surface area contributed by atoms with Crippen LogP contribution in [0.3, 0.4) is 0 Å². The number of benzene rings is 2. The third-order valence-electron chi connectivity index (χ3n) is 3.05. The number of hydrogen-bond acceptors (Lipinski definition) is 3. The van der Waals surface area contributed by atoms with Crippen molar-refractivity contribution in [2.45, 2.75) is 19.4 Å². The third-order valence-corrected chi connectivity index (χ3v) is 3.30. The van der Waals surface area contributed by atoms with Crippen molar-refractivity contribution in [3.8, 4) is 0 Å². The molecule has 1 atom stereocenters. The maximum atomic E-state index is 12.8. The molecule has 0 aromatic heterocycles. The number of rotatable bonds is 5. The van der Waals surface area contributed by atoms with Crippen LogP contribution in [0.4, 0.5) is 10.1 Å². The zero-order chi connectivity index (χ0) is 16.8. The van der Waals surface area contributed by atoms with E-state index in [1.54, 1.807) is 24.3 Å². The molecule has 2 rings (SSSR count). The second-order valence-electron chi connectivity index (χ2n) is 4.93. The number of amides is 1. The van der Waals surface area contributed by atoms with Crippen LogP contribution in [0.25, 0.3) is 0 Å². The highest BCUT2D eigenvalue weighted by Gasteiger charge is 2.18. The molecule has 0 aliphatic heterocycles. The van der Waals surface area contributed by atoms with Crippen LogP contribution in [-0.2, 0) is 20.7 Å². The van der Waals surface area contributed by atoms with Gasteiger partial charge in [-0.1, -0.05) is 23.7 Å². The molecule has 0 unspecified atom stereocenters. The Morgan fingerprint density at radius 1 is 1.13 bits per heavy atom. The van der Waals surface area contributed by atoms with Gasteiger partial charge in [-0.2, -0.15) is 0 Å². The molecule has 0 aliphatic carbocycles. The molecule has 0 spiro atoms. The van der Waals surface area contributed by atoms with Crippen molar-refractivity contribution >= 4 is 29.2 Å². The zero-order valence-electron chi connectivity index (χ0n) is 12.4. The molecule has 0 saturated heterocycles. The molecule has 120 valence electrons. The second kappa shape index (κ2) is 7.74. The Hall–Kier alpha value is -2.40. The highest BCUT2D eigenvalue weighted by atomic mass is 35.5. The molecular formula is C17H15ClFNO3. The van der Waals surface area contributed by atoms with Crippen LogP contribution in [-0.4, -0.2) is 18.0 Å². The second-order valence-corrected chi connectivity index (χ2v) is 5.37. The van der Waals surface area contributed by atoms with Gasteiger partial charge in [0.15, 0.2) is 6.10 Å². The Morgan fingerprint density at radius 3 is 2.35 bits per heavy atom. The first-order chi connectivity index (χ1) is 10.9. The zero-order valence-corrected chi connectivity index (χ0v) is 13.1. The Labute approximate surface area is 138 Å². The molecule has 1 amide bonds. The summed E-state index contributed by atoms with van der Waals surface area (Å²) in [5.41, 5.74) is 1.17. The smallest absolute Gasteiger partial charge is 0.311 e. The minimum Gasteiger partial charge on any atom is -0.452 e. The number of ether oxygens (including phenoxy) is 1. The fourth-order valence-electron chi connectivity index (χ4n) is 1.84. The summed E-state index contributed by atoms with van der Waals surface area (Å²) in [6, 6.07) is 12.1. The lowest BCUT2D eigenvalue weighted by molar-refractivity contribution is -0.152. The lowest BCUT2D eigenvalue weighted by atomic mass is 10.1. The van der Waals surface area contributed by atoms with Crippen molar-refractivity contribution in [1.29, 1.82) is 0 Å². The summed E-state index contributed by atoms with van der Waals surface area (Å²) in [5.74, 6) is -1.40. The Balaban J connectivity index is 1.86. The van der Waals surface area contributed by atoms with Gasteiger partial charge in [0, 0.05) is 10.7 Å². The average Bonchev–Trinajstić information content (AvgIpc) is 2.51. The van der Waals surface area contributed by atoms with Crippen LogP contribution in [0.1, 0.15) is 12.5 Å². The Bertz CT molecular complexity index is 686. The number of carbonyl (C=O) groups is 2. The van der Waals surface area contributed by atoms with Crippen molar-refractivity contribution < 1.29 is 18.7 Å². The first kappa shape index (κ1) is 17.0. The van der Waals surface area contributed by atoms with E-state index in [1.807, 2.05) is 0 Å². The number of esters is 1. The number of nitrogens with one attached hydrogen (secondary N) is 1. The topological polar surface area (TPSA) is 55.4 Å². The average molecular weight is 336 g/mol. The van der Waals surface area contributed by atoms with Crippen molar-refractivity contribution in [3.05, 3.63) is 64.9 Å². The normalized spacial score (nSPS) is 11.6. The molecule has 2 aromatic carbocycles. The molecule has 0 bridgehead atoms. The molecular weight excluding hydrogens is 321 g/mol. The van der Waals surface area contributed by atoms with Gasteiger partial charge in [0.2, 0.25) is 0 Å². The number of hydrogen-bond donors (Lipinski definition) is 1. The first-order valence-electron chi connectivity index (χ1n) is 6.94. The van der Waals surface area contributed by atoms with Crippen molar-refractivity contribution in [2.75, 3.05) is 5.32 Å². The summed E-state index contributed by atoms with van der Waals surface area (Å²) < 4.78 is 17.9. The van der Waals surface area contributed by atoms with E-state index in [2.05, 4.69) is 5.32 Å². The maximum Gasteiger partial charge on any atom is 0.311 e. The summed E-state index contributed by atoms with van der Waals surface area (Å²) in [7, 11) is 0. The van der Waals surface area contributed by atoms with E-state index < -0.39 is 23.8 Å². The van der Waals surface area contributed by atoms with Gasteiger partial charge in [0.05, 0.1) is 6.42 Å². The summed E-state index contributed by atoms with van der Waals surface area (Å²) in [6.45, 7) is 1.47. The van der Waals surface area contributed by atoms with Crippen LogP contribution in [0, 0.1) is 5.82 Å². The molecule has 4 nitrogen and oxygen atoms in total. The van der Waals surface area contributed by atoms with Gasteiger partial charge in [0.1, 0.15) is 5.82 Å². The van der Waals surface area contributed by atoms with Crippen LogP contribution in [0.15, 0.2) is 48.5 Å². The van der Waals surface area contributed by atoms with Gasteiger partial charge in [-0.15, -0.1) is 0 Å². The quantitative estimate of drug-likeness (QED) is 0.849. The summed E-state index contributed by atoms with van der Waals surface area (Å²) in [4.78, 5) is 23.8. The van der Waals surface area contributed by atoms with Crippen LogP contribution in [0.5, 0.6) is 0 Å². The van der Waals surface area contributed by atoms with Gasteiger partial charge in [-0.3, -0.25) is 9.59 Å². The fourth-order valence-corrected chi connectivity index (χ4v) is 1.96. The maximum absolute atomic E-state index is 12.8. The molecule has 0 heterocycles. The number of carbonyl (C=O) groups excluding carboxylic acids is 2. The van der Waals surface area contributed by atoms with Gasteiger partial charge in [0.25, 0.3) is 5.91 Å². The summed E-state index contributed by atoms with van der Waals surface area (Å²) in [6.07, 6.45) is -0.912. The minimum atomic E-state index is -0.958. The van der Waals surface area contributed by atoms with Crippen molar-refractivity contribution in [3.63, 3.8) is 0 Å². The predicted octanol–water partition coefficient (Wildman–Crippen LogP) is 3.59. The lowest BCUT2D eigenvalue weighted by Crippen LogP contribution is -2.30. The molecule has 1 N–H and O–H groups in total. The van der Waals surface area contributed by atoms with E-state index in [0.29, 0.717) is 10.7 Å².